The van der Waals surface area contributed by atoms with Crippen LogP contribution in [0.15, 0.2) is 24.3 Å². The number of likely N-dealkylation sites (tertiary alicyclic amines) is 1. The van der Waals surface area contributed by atoms with E-state index in [0.29, 0.717) is 18.9 Å². The van der Waals surface area contributed by atoms with Gasteiger partial charge in [-0.15, -0.1) is 0 Å². The number of carbonyl (C=O) groups excluding carboxylic acids is 2. The Morgan fingerprint density at radius 2 is 1.88 bits per heavy atom. The van der Waals surface area contributed by atoms with Crippen LogP contribution in [0, 0.1) is 5.92 Å². The zero-order valence-corrected chi connectivity index (χ0v) is 16.4. The lowest BCUT2D eigenvalue weighted by Crippen LogP contribution is -2.47. The van der Waals surface area contributed by atoms with E-state index in [2.05, 4.69) is 53.6 Å². The monoisotopic (exact) mass is 359 g/mol. The number of benzene rings is 1. The lowest BCUT2D eigenvalue weighted by Gasteiger charge is -2.33. The van der Waals surface area contributed by atoms with Crippen molar-refractivity contribution in [2.45, 2.75) is 59.0 Å². The van der Waals surface area contributed by atoms with Crippen molar-refractivity contribution in [1.29, 1.82) is 0 Å². The molecule has 144 valence electrons. The Bertz CT molecular complexity index is 583. The summed E-state index contributed by atoms with van der Waals surface area (Å²) in [5.41, 5.74) is 2.72. The molecule has 1 heterocycles. The van der Waals surface area contributed by atoms with Crippen LogP contribution in [0.1, 0.15) is 51.2 Å². The summed E-state index contributed by atoms with van der Waals surface area (Å²) in [4.78, 5) is 25.3. The third-order valence-electron chi connectivity index (χ3n) is 4.67. The van der Waals surface area contributed by atoms with Crippen LogP contribution in [0.3, 0.4) is 0 Å². The summed E-state index contributed by atoms with van der Waals surface area (Å²) in [6, 6.07) is 9.13. The normalized spacial score (nSPS) is 17.9. The van der Waals surface area contributed by atoms with Gasteiger partial charge < -0.3 is 10.6 Å². The van der Waals surface area contributed by atoms with Crippen molar-refractivity contribution >= 4 is 11.8 Å². The minimum Gasteiger partial charge on any atom is -0.356 e. The fourth-order valence-corrected chi connectivity index (χ4v) is 3.48. The molecule has 5 nitrogen and oxygen atoms in total. The third kappa shape index (κ3) is 7.56. The zero-order valence-electron chi connectivity index (χ0n) is 16.4. The van der Waals surface area contributed by atoms with Crippen molar-refractivity contribution in [3.05, 3.63) is 35.4 Å². The van der Waals surface area contributed by atoms with Crippen molar-refractivity contribution in [2.75, 3.05) is 19.6 Å². The molecule has 1 aliphatic rings. The number of nitrogens with zero attached hydrogens (tertiary/aromatic N) is 1. The minimum atomic E-state index is -0.0962. The molecule has 0 aliphatic carbocycles. The number of rotatable bonds is 8. The standard InChI is InChI=1S/C21H33N3O2/c1-16(2)13-18-6-8-19(9-7-18)14-24-12-4-5-20(15-24)23-21(26)10-11-22-17(3)25/h6-9,16,20H,4-5,10-15H2,1-3H3,(H,22,25)(H,23,26). The summed E-state index contributed by atoms with van der Waals surface area (Å²) < 4.78 is 0. The van der Waals surface area contributed by atoms with Gasteiger partial charge in [0.2, 0.25) is 11.8 Å². The van der Waals surface area contributed by atoms with Gasteiger partial charge in [0.1, 0.15) is 0 Å². The van der Waals surface area contributed by atoms with Crippen molar-refractivity contribution in [3.8, 4) is 0 Å². The molecule has 2 rings (SSSR count). The maximum absolute atomic E-state index is 12.0. The highest BCUT2D eigenvalue weighted by Crippen LogP contribution is 2.15. The van der Waals surface area contributed by atoms with Crippen molar-refractivity contribution in [1.82, 2.24) is 15.5 Å². The van der Waals surface area contributed by atoms with Gasteiger partial charge in [-0.1, -0.05) is 38.1 Å². The average Bonchev–Trinajstić information content (AvgIpc) is 2.56. The highest BCUT2D eigenvalue weighted by atomic mass is 16.2. The van der Waals surface area contributed by atoms with Gasteiger partial charge in [0.25, 0.3) is 0 Å². The molecule has 5 heteroatoms. The molecule has 2 amide bonds. The largest absolute Gasteiger partial charge is 0.356 e. The van der Waals surface area contributed by atoms with E-state index in [1.54, 1.807) is 0 Å². The molecule has 0 spiro atoms. The van der Waals surface area contributed by atoms with Crippen LogP contribution in [0.25, 0.3) is 0 Å². The molecule has 2 N–H and O–H groups in total. The van der Waals surface area contributed by atoms with Crippen LogP contribution >= 0.6 is 0 Å². The van der Waals surface area contributed by atoms with Crippen molar-refractivity contribution in [2.24, 2.45) is 5.92 Å². The maximum atomic E-state index is 12.0. The topological polar surface area (TPSA) is 61.4 Å². The number of carbonyl (C=O) groups is 2. The quantitative estimate of drug-likeness (QED) is 0.750. The van der Waals surface area contributed by atoms with E-state index >= 15 is 0 Å². The molecule has 1 unspecified atom stereocenters. The molecule has 1 saturated heterocycles. The van der Waals surface area contributed by atoms with Gasteiger partial charge in [-0.25, -0.2) is 0 Å². The predicted octanol–water partition coefficient (Wildman–Crippen LogP) is 2.49. The summed E-state index contributed by atoms with van der Waals surface area (Å²) in [7, 11) is 0. The first kappa shape index (κ1) is 20.4. The van der Waals surface area contributed by atoms with Gasteiger partial charge in [-0.05, 0) is 42.9 Å². The molecule has 1 fully saturated rings. The van der Waals surface area contributed by atoms with Crippen LogP contribution in [0.5, 0.6) is 0 Å². The van der Waals surface area contributed by atoms with E-state index in [1.165, 1.54) is 18.1 Å². The van der Waals surface area contributed by atoms with Crippen molar-refractivity contribution in [3.63, 3.8) is 0 Å². The Morgan fingerprint density at radius 3 is 2.54 bits per heavy atom. The number of nitrogens with one attached hydrogen (secondary N) is 2. The molecule has 0 bridgehead atoms. The van der Waals surface area contributed by atoms with Gasteiger partial charge in [-0.3, -0.25) is 14.5 Å². The van der Waals surface area contributed by atoms with E-state index in [4.69, 9.17) is 0 Å². The molecule has 1 aliphatic heterocycles. The molecule has 26 heavy (non-hydrogen) atoms. The van der Waals surface area contributed by atoms with Crippen LogP contribution in [0.2, 0.25) is 0 Å². The maximum Gasteiger partial charge on any atom is 0.222 e. The number of piperidine rings is 1. The van der Waals surface area contributed by atoms with Gasteiger partial charge >= 0.3 is 0 Å². The lowest BCUT2D eigenvalue weighted by atomic mass is 10.0. The smallest absolute Gasteiger partial charge is 0.222 e. The lowest BCUT2D eigenvalue weighted by molar-refractivity contribution is -0.122. The average molecular weight is 360 g/mol. The van der Waals surface area contributed by atoms with E-state index in [-0.39, 0.29) is 17.9 Å². The Morgan fingerprint density at radius 1 is 1.19 bits per heavy atom. The van der Waals surface area contributed by atoms with Gasteiger partial charge in [0, 0.05) is 39.0 Å². The Hall–Kier alpha value is -1.88. The summed E-state index contributed by atoms with van der Waals surface area (Å²) in [5, 5.41) is 5.77. The predicted molar refractivity (Wildman–Crippen MR) is 105 cm³/mol. The first-order valence-electron chi connectivity index (χ1n) is 9.76. The second-order valence-electron chi connectivity index (χ2n) is 7.79. The second kappa shape index (κ2) is 10.3. The molecule has 1 atom stereocenters. The van der Waals surface area contributed by atoms with Crippen LogP contribution in [-0.2, 0) is 22.6 Å². The zero-order chi connectivity index (χ0) is 18.9. The first-order valence-corrected chi connectivity index (χ1v) is 9.76. The van der Waals surface area contributed by atoms with E-state index in [9.17, 15) is 9.59 Å². The fourth-order valence-electron chi connectivity index (χ4n) is 3.48. The SMILES string of the molecule is CC(=O)NCCC(=O)NC1CCCN(Cc2ccc(CC(C)C)cc2)C1. The molecule has 0 radical (unpaired) electrons. The van der Waals surface area contributed by atoms with Crippen LogP contribution in [0.4, 0.5) is 0 Å². The summed E-state index contributed by atoms with van der Waals surface area (Å²) >= 11 is 0. The van der Waals surface area contributed by atoms with Crippen LogP contribution in [-0.4, -0.2) is 42.4 Å². The highest BCUT2D eigenvalue weighted by Gasteiger charge is 2.21. The summed E-state index contributed by atoms with van der Waals surface area (Å²) in [6.07, 6.45) is 3.59. The van der Waals surface area contributed by atoms with Gasteiger partial charge in [0.05, 0.1) is 0 Å². The van der Waals surface area contributed by atoms with Crippen LogP contribution < -0.4 is 10.6 Å². The molecular formula is C21H33N3O2. The number of amides is 2. The second-order valence-corrected chi connectivity index (χ2v) is 7.79. The number of hydrogen-bond donors (Lipinski definition) is 2. The third-order valence-corrected chi connectivity index (χ3v) is 4.67. The minimum absolute atomic E-state index is 0.0173. The van der Waals surface area contributed by atoms with Gasteiger partial charge in [0.15, 0.2) is 0 Å². The summed E-state index contributed by atoms with van der Waals surface area (Å²) in [6.45, 7) is 9.25. The molecule has 1 aromatic carbocycles. The van der Waals surface area contributed by atoms with E-state index < -0.39 is 0 Å². The molecule has 0 aromatic heterocycles. The summed E-state index contributed by atoms with van der Waals surface area (Å²) in [5.74, 6) is 0.600. The first-order chi connectivity index (χ1) is 12.4. The molecule has 0 saturated carbocycles. The van der Waals surface area contributed by atoms with Gasteiger partial charge in [-0.2, -0.15) is 0 Å². The molecule has 1 aromatic rings. The Kier molecular flexibility index (Phi) is 8.10. The van der Waals surface area contributed by atoms with Crippen molar-refractivity contribution < 1.29 is 9.59 Å². The Balaban J connectivity index is 1.77. The Labute approximate surface area is 157 Å². The molecular weight excluding hydrogens is 326 g/mol. The van der Waals surface area contributed by atoms with E-state index in [1.807, 2.05) is 0 Å². The fraction of sp³-hybridized carbons (Fsp3) is 0.619. The number of hydrogen-bond acceptors (Lipinski definition) is 3. The highest BCUT2D eigenvalue weighted by molar-refractivity contribution is 5.78. The van der Waals surface area contributed by atoms with E-state index in [0.717, 1.165) is 38.9 Å².